The van der Waals surface area contributed by atoms with Gasteiger partial charge in [-0.05, 0) is 43.2 Å². The van der Waals surface area contributed by atoms with E-state index in [4.69, 9.17) is 9.47 Å². The maximum atomic E-state index is 12.7. The number of hydrogen-bond donors (Lipinski definition) is 0. The summed E-state index contributed by atoms with van der Waals surface area (Å²) < 4.78 is 37.8. The molecule has 12 heteroatoms. The van der Waals surface area contributed by atoms with Crippen LogP contribution >= 0.6 is 11.3 Å². The summed E-state index contributed by atoms with van der Waals surface area (Å²) in [5, 5.41) is 0. The summed E-state index contributed by atoms with van der Waals surface area (Å²) in [5.41, 5.74) is 2.28. The molecule has 10 nitrogen and oxygen atoms in total. The van der Waals surface area contributed by atoms with Crippen LogP contribution in [0.5, 0.6) is 5.75 Å². The summed E-state index contributed by atoms with van der Waals surface area (Å²) in [6.45, 7) is 2.06. The molecule has 2 amide bonds. The van der Waals surface area contributed by atoms with E-state index in [2.05, 4.69) is 4.99 Å². The van der Waals surface area contributed by atoms with Crippen molar-refractivity contribution in [3.8, 4) is 5.75 Å². The fourth-order valence-corrected chi connectivity index (χ4v) is 6.15. The molecule has 2 heterocycles. The second kappa shape index (κ2) is 10.6. The van der Waals surface area contributed by atoms with Crippen molar-refractivity contribution in [3.63, 3.8) is 0 Å². The molecule has 0 unspecified atom stereocenters. The van der Waals surface area contributed by atoms with Gasteiger partial charge in [-0.15, -0.1) is 0 Å². The van der Waals surface area contributed by atoms with Crippen LogP contribution in [0, 0.1) is 0 Å². The lowest BCUT2D eigenvalue weighted by atomic mass is 10.2. The average molecular weight is 532 g/mol. The van der Waals surface area contributed by atoms with Crippen molar-refractivity contribution >= 4 is 54.9 Å². The lowest BCUT2D eigenvalue weighted by Gasteiger charge is -2.17. The van der Waals surface area contributed by atoms with Crippen molar-refractivity contribution in [2.24, 2.45) is 4.99 Å². The smallest absolute Gasteiger partial charge is 0.326 e. The Kier molecular flexibility index (Phi) is 7.55. The lowest BCUT2D eigenvalue weighted by Crippen LogP contribution is -2.36. The summed E-state index contributed by atoms with van der Waals surface area (Å²) in [4.78, 5) is 43.1. The van der Waals surface area contributed by atoms with Crippen LogP contribution in [-0.2, 0) is 41.9 Å². The molecule has 0 radical (unpaired) electrons. The van der Waals surface area contributed by atoms with Gasteiger partial charge in [-0.25, -0.2) is 8.42 Å². The van der Waals surface area contributed by atoms with E-state index in [1.54, 1.807) is 37.3 Å². The Morgan fingerprint density at radius 2 is 1.89 bits per heavy atom. The summed E-state index contributed by atoms with van der Waals surface area (Å²) >= 11 is 1.11. The molecule has 2 aromatic carbocycles. The second-order valence-electron chi connectivity index (χ2n) is 8.07. The number of esters is 1. The number of amides is 2. The summed E-state index contributed by atoms with van der Waals surface area (Å²) in [7, 11) is -2.56. The molecule has 190 valence electrons. The maximum absolute atomic E-state index is 12.7. The van der Waals surface area contributed by atoms with Crippen molar-refractivity contribution < 1.29 is 32.3 Å². The summed E-state index contributed by atoms with van der Waals surface area (Å²) in [6.07, 6.45) is 0.646. The Morgan fingerprint density at radius 1 is 1.11 bits per heavy atom. The first kappa shape index (κ1) is 25.6. The third-order valence-electron chi connectivity index (χ3n) is 5.58. The van der Waals surface area contributed by atoms with Gasteiger partial charge in [0, 0.05) is 12.2 Å². The molecule has 0 spiro atoms. The number of fused-ring (bicyclic) bond motifs is 2. The molecule has 1 aromatic heterocycles. The first-order valence-electron chi connectivity index (χ1n) is 11.2. The number of aromatic nitrogens is 1. The zero-order valence-electron chi connectivity index (χ0n) is 19.8. The molecule has 0 bridgehead atoms. The number of carbonyl (C=O) groups excluding carboxylic acids is 3. The van der Waals surface area contributed by atoms with Crippen molar-refractivity contribution in [1.82, 2.24) is 4.57 Å². The highest BCUT2D eigenvalue weighted by Gasteiger charge is 2.29. The number of nitrogens with zero attached hydrogens (tertiary/aromatic N) is 3. The van der Waals surface area contributed by atoms with Gasteiger partial charge < -0.3 is 18.9 Å². The highest BCUT2D eigenvalue weighted by Crippen LogP contribution is 2.27. The van der Waals surface area contributed by atoms with E-state index in [0.717, 1.165) is 16.9 Å². The molecule has 0 fully saturated rings. The Hall–Kier alpha value is -3.51. The molecular formula is C24H25N3O7S2. The molecule has 36 heavy (non-hydrogen) atoms. The number of hydrogen-bond acceptors (Lipinski definition) is 8. The molecule has 0 saturated carbocycles. The zero-order valence-corrected chi connectivity index (χ0v) is 21.4. The molecule has 0 aliphatic carbocycles. The SMILES string of the molecule is CCOC(=O)Cn1c(=NC(=O)CS(=O)(=O)CC(=O)N2CCc3ccccc32)sc2cc(OC)ccc21. The van der Waals surface area contributed by atoms with Gasteiger partial charge >= 0.3 is 5.97 Å². The van der Waals surface area contributed by atoms with Gasteiger partial charge in [-0.1, -0.05) is 29.5 Å². The maximum Gasteiger partial charge on any atom is 0.326 e. The molecule has 3 aromatic rings. The van der Waals surface area contributed by atoms with Crippen molar-refractivity contribution in [2.75, 3.05) is 36.7 Å². The molecule has 1 aliphatic rings. The Bertz CT molecular complexity index is 1510. The Balaban J connectivity index is 1.56. The van der Waals surface area contributed by atoms with Gasteiger partial charge in [-0.3, -0.25) is 14.4 Å². The van der Waals surface area contributed by atoms with E-state index in [0.29, 0.717) is 34.6 Å². The third kappa shape index (κ3) is 5.65. The number of carbonyl (C=O) groups is 3. The standard InChI is InChI=1S/C24H25N3O7S2/c1-3-34-23(30)13-27-19-9-8-17(33-2)12-20(19)35-24(27)25-21(28)14-36(31,32)15-22(29)26-11-10-16-6-4-5-7-18(16)26/h4-9,12H,3,10-11,13-15H2,1-2H3. The number of ether oxygens (including phenoxy) is 2. The van der Waals surface area contributed by atoms with Crippen LogP contribution in [0.4, 0.5) is 5.69 Å². The minimum absolute atomic E-state index is 0.145. The fourth-order valence-electron chi connectivity index (χ4n) is 4.00. The van der Waals surface area contributed by atoms with Crippen LogP contribution in [0.15, 0.2) is 47.5 Å². The predicted octanol–water partition coefficient (Wildman–Crippen LogP) is 1.71. The average Bonchev–Trinajstić information content (AvgIpc) is 3.39. The first-order valence-corrected chi connectivity index (χ1v) is 13.8. The number of para-hydroxylation sites is 1. The minimum Gasteiger partial charge on any atom is -0.497 e. The largest absolute Gasteiger partial charge is 0.497 e. The lowest BCUT2D eigenvalue weighted by molar-refractivity contribution is -0.143. The molecule has 4 rings (SSSR count). The summed E-state index contributed by atoms with van der Waals surface area (Å²) in [5.74, 6) is -3.18. The number of benzene rings is 2. The first-order chi connectivity index (χ1) is 17.2. The van der Waals surface area contributed by atoms with Crippen molar-refractivity contribution in [3.05, 3.63) is 52.8 Å². The van der Waals surface area contributed by atoms with E-state index in [-0.39, 0.29) is 18.0 Å². The molecule has 0 saturated heterocycles. The van der Waals surface area contributed by atoms with E-state index >= 15 is 0 Å². The van der Waals surface area contributed by atoms with Crippen LogP contribution in [0.3, 0.4) is 0 Å². The highest BCUT2D eigenvalue weighted by atomic mass is 32.2. The van der Waals surface area contributed by atoms with E-state index in [9.17, 15) is 22.8 Å². The summed E-state index contributed by atoms with van der Waals surface area (Å²) in [6, 6.07) is 12.5. The number of sulfone groups is 1. The predicted molar refractivity (Wildman–Crippen MR) is 135 cm³/mol. The van der Waals surface area contributed by atoms with Crippen molar-refractivity contribution in [1.29, 1.82) is 0 Å². The van der Waals surface area contributed by atoms with E-state index in [1.165, 1.54) is 16.6 Å². The number of rotatable bonds is 8. The van der Waals surface area contributed by atoms with Gasteiger partial charge in [0.15, 0.2) is 14.6 Å². The monoisotopic (exact) mass is 531 g/mol. The van der Waals surface area contributed by atoms with Crippen molar-refractivity contribution in [2.45, 2.75) is 19.9 Å². The van der Waals surface area contributed by atoms with Gasteiger partial charge in [0.2, 0.25) is 5.91 Å². The number of anilines is 1. The van der Waals surface area contributed by atoms with E-state index in [1.807, 2.05) is 12.1 Å². The second-order valence-corrected chi connectivity index (χ2v) is 11.1. The van der Waals surface area contributed by atoms with Crippen LogP contribution < -0.4 is 14.4 Å². The number of thiazole rings is 1. The third-order valence-corrected chi connectivity index (χ3v) is 7.99. The fraction of sp³-hybridized carbons (Fsp3) is 0.333. The molecular weight excluding hydrogens is 506 g/mol. The van der Waals surface area contributed by atoms with E-state index < -0.39 is 39.1 Å². The van der Waals surface area contributed by atoms with Gasteiger partial charge in [0.1, 0.15) is 23.8 Å². The van der Waals surface area contributed by atoms with Crippen LogP contribution in [0.1, 0.15) is 12.5 Å². The molecule has 1 aliphatic heterocycles. The topological polar surface area (TPSA) is 124 Å². The van der Waals surface area contributed by atoms with Gasteiger partial charge in [0.05, 0.1) is 23.9 Å². The quantitative estimate of drug-likeness (QED) is 0.405. The van der Waals surface area contributed by atoms with Crippen LogP contribution in [0.25, 0.3) is 10.2 Å². The van der Waals surface area contributed by atoms with Crippen LogP contribution in [0.2, 0.25) is 0 Å². The normalized spacial score (nSPS) is 13.6. The van der Waals surface area contributed by atoms with Gasteiger partial charge in [-0.2, -0.15) is 4.99 Å². The molecule has 0 N–H and O–H groups in total. The Labute approximate surface area is 211 Å². The zero-order chi connectivity index (χ0) is 25.9. The highest BCUT2D eigenvalue weighted by molar-refractivity contribution is 7.92. The Morgan fingerprint density at radius 3 is 2.64 bits per heavy atom. The molecule has 0 atom stereocenters. The van der Waals surface area contributed by atoms with Gasteiger partial charge in [0.25, 0.3) is 5.91 Å². The number of methoxy groups -OCH3 is 1. The minimum atomic E-state index is -4.08. The van der Waals surface area contributed by atoms with Crippen LogP contribution in [-0.4, -0.2) is 62.5 Å².